The molecule has 2 aromatic carbocycles. The van der Waals surface area contributed by atoms with Crippen LogP contribution in [-0.4, -0.2) is 99.1 Å². The van der Waals surface area contributed by atoms with Crippen LogP contribution in [0.1, 0.15) is 12.6 Å². The number of pyridine rings is 2. The largest absolute Gasteiger partial charge is 1.00 e. The zero-order valence-corrected chi connectivity index (χ0v) is 33.5. The molecule has 6 rings (SSSR count). The van der Waals surface area contributed by atoms with Crippen molar-refractivity contribution < 1.29 is 48.9 Å². The van der Waals surface area contributed by atoms with E-state index in [-0.39, 0.29) is 40.8 Å². The molecule has 262 valence electrons. The minimum absolute atomic E-state index is 0. The van der Waals surface area contributed by atoms with E-state index in [0.717, 1.165) is 37.5 Å². The number of ether oxygens (including phenoxy) is 2. The van der Waals surface area contributed by atoms with Crippen LogP contribution in [0, 0.1) is 0 Å². The van der Waals surface area contributed by atoms with E-state index in [2.05, 4.69) is 75.0 Å². The van der Waals surface area contributed by atoms with Gasteiger partial charge in [0.25, 0.3) is 0 Å². The van der Waals surface area contributed by atoms with E-state index in [1.54, 1.807) is 49.6 Å². The zero-order chi connectivity index (χ0) is 35.4. The summed E-state index contributed by atoms with van der Waals surface area (Å²) < 4.78 is 37.9. The first kappa shape index (κ1) is 41.0. The Kier molecular flexibility index (Phi) is 16.3. The van der Waals surface area contributed by atoms with Crippen LogP contribution in [0.2, 0.25) is 0 Å². The summed E-state index contributed by atoms with van der Waals surface area (Å²) in [6, 6.07) is 26.2. The van der Waals surface area contributed by atoms with Gasteiger partial charge in [-0.25, -0.2) is 18.4 Å². The van der Waals surface area contributed by atoms with E-state index in [4.69, 9.17) is 21.1 Å². The molecule has 4 heterocycles. The summed E-state index contributed by atoms with van der Waals surface area (Å²) in [6.07, 6.45) is 4.57. The van der Waals surface area contributed by atoms with Crippen molar-refractivity contribution in [3.05, 3.63) is 108 Å². The zero-order valence-electron chi connectivity index (χ0n) is 30.9. The third-order valence-corrected chi connectivity index (χ3v) is 9.51. The molecule has 10 nitrogen and oxygen atoms in total. The summed E-state index contributed by atoms with van der Waals surface area (Å²) in [5, 5.41) is 0. The number of hydrogen-bond donors (Lipinski definition) is 1. The Balaban J connectivity index is 0.000000297. The smallest absolute Gasteiger partial charge is 1.00 e. The maximum Gasteiger partial charge on any atom is 1.00 e. The van der Waals surface area contributed by atoms with Crippen molar-refractivity contribution in [3.63, 3.8) is 0 Å². The summed E-state index contributed by atoms with van der Waals surface area (Å²) in [5.41, 5.74) is 5.77. The van der Waals surface area contributed by atoms with Crippen molar-refractivity contribution >= 4 is 43.5 Å². The van der Waals surface area contributed by atoms with Gasteiger partial charge >= 0.3 is 29.6 Å². The Morgan fingerprint density at radius 1 is 0.800 bits per heavy atom. The van der Waals surface area contributed by atoms with E-state index < -0.39 is 9.84 Å². The molecule has 0 aliphatic carbocycles. The molecule has 0 aliphatic heterocycles. The molecule has 4 aromatic heterocycles. The van der Waals surface area contributed by atoms with Gasteiger partial charge in [0.1, 0.15) is 10.4 Å². The van der Waals surface area contributed by atoms with Gasteiger partial charge < -0.3 is 30.3 Å². The van der Waals surface area contributed by atoms with Crippen LogP contribution in [0.5, 0.6) is 11.8 Å². The van der Waals surface area contributed by atoms with Crippen molar-refractivity contribution in [2.24, 2.45) is 0 Å². The van der Waals surface area contributed by atoms with Crippen molar-refractivity contribution in [2.75, 3.05) is 61.4 Å². The van der Waals surface area contributed by atoms with Gasteiger partial charge in [-0.15, -0.1) is 11.6 Å². The number of halogens is 1. The number of alkyl halides is 1. The summed E-state index contributed by atoms with van der Waals surface area (Å²) in [4.78, 5) is 16.4. The Labute approximate surface area is 324 Å². The molecule has 50 heavy (non-hydrogen) atoms. The minimum atomic E-state index is -3.60. The number of hydrogen-bond acceptors (Lipinski definition) is 8. The molecule has 0 fully saturated rings. The van der Waals surface area contributed by atoms with E-state index in [0.29, 0.717) is 22.8 Å². The third kappa shape index (κ3) is 11.0. The SMILES string of the molecule is CN(C)CCCl.COc1ccc2[nH]cc(S(=O)(=O)c3ccccc3)c2n1.COc1ccc2c(n1)c(Cc1ccccc1)cn2CCN(C)C.[H-].[Na+]. The number of aromatic nitrogens is 4. The number of methoxy groups -OCH3 is 2. The van der Waals surface area contributed by atoms with E-state index in [9.17, 15) is 8.42 Å². The second-order valence-electron chi connectivity index (χ2n) is 11.7. The molecule has 13 heteroatoms. The molecule has 0 spiro atoms. The van der Waals surface area contributed by atoms with Gasteiger partial charge in [0.15, 0.2) is 0 Å². The second kappa shape index (κ2) is 19.8. The number of rotatable bonds is 11. The van der Waals surface area contributed by atoms with Crippen LogP contribution < -0.4 is 39.0 Å². The van der Waals surface area contributed by atoms with Crippen molar-refractivity contribution in [3.8, 4) is 11.8 Å². The average Bonchev–Trinajstić information content (AvgIpc) is 3.69. The van der Waals surface area contributed by atoms with Crippen LogP contribution in [0.25, 0.3) is 22.1 Å². The molecule has 0 amide bonds. The molecular weight excluding hydrogens is 683 g/mol. The Bertz CT molecular complexity index is 2030. The molecule has 0 radical (unpaired) electrons. The van der Waals surface area contributed by atoms with Crippen LogP contribution in [0.3, 0.4) is 0 Å². The van der Waals surface area contributed by atoms with Gasteiger partial charge in [-0.05, 0) is 58.0 Å². The molecule has 1 N–H and O–H groups in total. The minimum Gasteiger partial charge on any atom is -1.00 e. The van der Waals surface area contributed by atoms with Gasteiger partial charge in [0, 0.05) is 62.0 Å². The maximum atomic E-state index is 12.6. The first-order valence-corrected chi connectivity index (χ1v) is 17.8. The first-order valence-electron chi connectivity index (χ1n) is 15.8. The quantitative estimate of drug-likeness (QED) is 0.160. The monoisotopic (exact) mass is 728 g/mol. The van der Waals surface area contributed by atoms with E-state index in [1.807, 2.05) is 31.1 Å². The first-order chi connectivity index (χ1) is 23.6. The van der Waals surface area contributed by atoms with Crippen molar-refractivity contribution in [1.29, 1.82) is 0 Å². The average molecular weight is 729 g/mol. The molecule has 0 bridgehead atoms. The maximum absolute atomic E-state index is 12.6. The van der Waals surface area contributed by atoms with Crippen LogP contribution in [-0.2, 0) is 22.8 Å². The van der Waals surface area contributed by atoms with Crippen LogP contribution in [0.4, 0.5) is 0 Å². The molecule has 6 aromatic rings. The number of benzene rings is 2. The Morgan fingerprint density at radius 2 is 1.38 bits per heavy atom. The predicted molar refractivity (Wildman–Crippen MR) is 199 cm³/mol. The van der Waals surface area contributed by atoms with Crippen LogP contribution >= 0.6 is 11.6 Å². The Morgan fingerprint density at radius 3 is 1.94 bits per heavy atom. The number of H-pyrrole nitrogens is 1. The topological polar surface area (TPSA) is 106 Å². The number of nitrogens with zero attached hydrogens (tertiary/aromatic N) is 5. The molecule has 0 saturated carbocycles. The molecule has 0 unspecified atom stereocenters. The molecular formula is C37H46ClN6NaO4S. The fourth-order valence-corrected chi connectivity index (χ4v) is 6.68. The summed E-state index contributed by atoms with van der Waals surface area (Å²) in [7, 11) is 7.75. The molecule has 0 atom stereocenters. The van der Waals surface area contributed by atoms with Gasteiger partial charge in [0.05, 0.1) is 35.7 Å². The number of aromatic amines is 1. The summed E-state index contributed by atoms with van der Waals surface area (Å²) in [6.45, 7) is 2.93. The summed E-state index contributed by atoms with van der Waals surface area (Å²) in [5.74, 6) is 1.77. The van der Waals surface area contributed by atoms with E-state index >= 15 is 0 Å². The van der Waals surface area contributed by atoms with Crippen molar-refractivity contribution in [1.82, 2.24) is 29.3 Å². The number of fused-ring (bicyclic) bond motifs is 2. The van der Waals surface area contributed by atoms with Gasteiger partial charge in [-0.1, -0.05) is 48.5 Å². The van der Waals surface area contributed by atoms with Gasteiger partial charge in [0.2, 0.25) is 21.6 Å². The number of nitrogens with one attached hydrogen (secondary N) is 1. The molecule has 0 aliphatic rings. The number of likely N-dealkylation sites (N-methyl/N-ethyl adjacent to an activating group) is 1. The Hall–Kier alpha value is -3.42. The fraction of sp³-hybridized carbons (Fsp3) is 0.297. The molecule has 0 saturated heterocycles. The van der Waals surface area contributed by atoms with Crippen LogP contribution in [0.15, 0.2) is 107 Å². The standard InChI is InChI=1S/C19H23N3O.C14H12N2O3S.C4H10ClN.Na.H/c1-21(2)11-12-22-14-16(13-15-7-5-4-6-8-15)19-17(22)9-10-18(20-19)23-3;1-19-13-8-7-11-14(16-13)12(9-15-11)20(17,18)10-5-3-2-4-6-10;1-6(2)4-3-5;;/h4-10,14H,11-13H2,1-3H3;2-9,15H,1H3;3-4H2,1-2H3;;/q;;;+1;-1. The van der Waals surface area contributed by atoms with E-state index in [1.165, 1.54) is 30.0 Å². The fourth-order valence-electron chi connectivity index (χ4n) is 4.94. The predicted octanol–water partition coefficient (Wildman–Crippen LogP) is 3.50. The number of sulfone groups is 1. The van der Waals surface area contributed by atoms with Gasteiger partial charge in [-0.3, -0.25) is 0 Å². The summed E-state index contributed by atoms with van der Waals surface area (Å²) >= 11 is 5.35. The van der Waals surface area contributed by atoms with Gasteiger partial charge in [-0.2, -0.15) is 0 Å². The normalized spacial score (nSPS) is 11.1. The third-order valence-electron chi connectivity index (χ3n) is 7.55. The second-order valence-corrected chi connectivity index (χ2v) is 14.0. The van der Waals surface area contributed by atoms with Crippen molar-refractivity contribution in [2.45, 2.75) is 22.8 Å².